The van der Waals surface area contributed by atoms with Crippen LogP contribution in [-0.2, 0) is 9.53 Å². The zero-order valence-electron chi connectivity index (χ0n) is 10.4. The number of hydrogen-bond acceptors (Lipinski definition) is 5. The summed E-state index contributed by atoms with van der Waals surface area (Å²) in [5.41, 5.74) is 1.88. The summed E-state index contributed by atoms with van der Waals surface area (Å²) in [5, 5.41) is 2.27. The van der Waals surface area contributed by atoms with Crippen LogP contribution < -0.4 is 0 Å². The molecule has 1 rings (SSSR count). The van der Waals surface area contributed by atoms with Crippen LogP contribution >= 0.6 is 22.9 Å². The summed E-state index contributed by atoms with van der Waals surface area (Å²) in [5.74, 6) is -0.485. The highest BCUT2D eigenvalue weighted by Gasteiger charge is 2.15. The van der Waals surface area contributed by atoms with Crippen molar-refractivity contribution in [3.05, 3.63) is 16.6 Å². The molecule has 0 atom stereocenters. The summed E-state index contributed by atoms with van der Waals surface area (Å²) in [6, 6.07) is 0. The zero-order chi connectivity index (χ0) is 13.5. The Morgan fingerprint density at radius 1 is 1.67 bits per heavy atom. The van der Waals surface area contributed by atoms with Crippen molar-refractivity contribution in [3.63, 3.8) is 0 Å². The highest BCUT2D eigenvalue weighted by Crippen LogP contribution is 2.24. The Morgan fingerprint density at radius 3 is 2.94 bits per heavy atom. The quantitative estimate of drug-likeness (QED) is 0.361. The maximum Gasteiger partial charge on any atom is 0.341 e. The lowest BCUT2D eigenvalue weighted by molar-refractivity contribution is -0.136. The normalized spacial score (nSPS) is 11.9. The number of rotatable bonds is 5. The van der Waals surface area contributed by atoms with Gasteiger partial charge in [0, 0.05) is 25.0 Å². The van der Waals surface area contributed by atoms with Gasteiger partial charge < -0.3 is 9.64 Å². The van der Waals surface area contributed by atoms with Gasteiger partial charge in [-0.15, -0.1) is 11.3 Å². The number of carbonyl (C=O) groups is 1. The van der Waals surface area contributed by atoms with Gasteiger partial charge in [-0.25, -0.2) is 14.8 Å². The van der Waals surface area contributed by atoms with E-state index in [0.29, 0.717) is 17.4 Å². The lowest BCUT2D eigenvalue weighted by Crippen LogP contribution is -2.07. The third-order valence-corrected chi connectivity index (χ3v) is 2.74. The fraction of sp³-hybridized carbons (Fsp3) is 0.364. The van der Waals surface area contributed by atoms with E-state index in [1.54, 1.807) is 23.5 Å². The molecule has 0 saturated heterocycles. The molecular formula is C11H14ClN3O2S. The SMILES string of the molecule is CCOC(=O)/C(=C/Cl)c1csc(/N=C/N(C)C)n1. The highest BCUT2D eigenvalue weighted by molar-refractivity contribution is 7.13. The van der Waals surface area contributed by atoms with E-state index in [1.807, 2.05) is 14.1 Å². The van der Waals surface area contributed by atoms with Crippen molar-refractivity contribution in [1.29, 1.82) is 0 Å². The lowest BCUT2D eigenvalue weighted by atomic mass is 10.2. The lowest BCUT2D eigenvalue weighted by Gasteiger charge is -2.02. The summed E-state index contributed by atoms with van der Waals surface area (Å²) in [4.78, 5) is 21.7. The van der Waals surface area contributed by atoms with Crippen molar-refractivity contribution in [2.24, 2.45) is 4.99 Å². The predicted octanol–water partition coefficient (Wildman–Crippen LogP) is 2.51. The molecule has 0 radical (unpaired) electrons. The van der Waals surface area contributed by atoms with Crippen LogP contribution in [0.15, 0.2) is 15.9 Å². The van der Waals surface area contributed by atoms with Crippen LogP contribution in [0.3, 0.4) is 0 Å². The van der Waals surface area contributed by atoms with Crippen LogP contribution in [-0.4, -0.2) is 42.9 Å². The minimum Gasteiger partial charge on any atom is -0.462 e. The molecule has 1 heterocycles. The van der Waals surface area contributed by atoms with E-state index in [4.69, 9.17) is 16.3 Å². The first-order valence-corrected chi connectivity index (χ1v) is 6.54. The van der Waals surface area contributed by atoms with E-state index in [2.05, 4.69) is 9.98 Å². The van der Waals surface area contributed by atoms with E-state index in [0.717, 1.165) is 0 Å². The fourth-order valence-corrected chi connectivity index (χ4v) is 1.88. The molecule has 0 fully saturated rings. The highest BCUT2D eigenvalue weighted by atomic mass is 35.5. The van der Waals surface area contributed by atoms with E-state index in [9.17, 15) is 4.79 Å². The average molecular weight is 288 g/mol. The van der Waals surface area contributed by atoms with Crippen molar-refractivity contribution in [2.45, 2.75) is 6.92 Å². The van der Waals surface area contributed by atoms with Gasteiger partial charge in [0.25, 0.3) is 0 Å². The van der Waals surface area contributed by atoms with Crippen LogP contribution in [0.5, 0.6) is 0 Å². The molecule has 1 aromatic rings. The number of carbonyl (C=O) groups excluding carboxylic acids is 1. The molecule has 98 valence electrons. The van der Waals surface area contributed by atoms with Gasteiger partial charge in [0.05, 0.1) is 24.2 Å². The number of aromatic nitrogens is 1. The molecule has 0 N–H and O–H groups in total. The summed E-state index contributed by atoms with van der Waals surface area (Å²) < 4.78 is 4.88. The van der Waals surface area contributed by atoms with E-state index in [-0.39, 0.29) is 5.57 Å². The van der Waals surface area contributed by atoms with Gasteiger partial charge in [0.1, 0.15) is 0 Å². The molecule has 18 heavy (non-hydrogen) atoms. The van der Waals surface area contributed by atoms with Crippen LogP contribution in [0.25, 0.3) is 5.57 Å². The number of aliphatic imine (C=N–C) groups is 1. The van der Waals surface area contributed by atoms with Crippen molar-refractivity contribution in [2.75, 3.05) is 20.7 Å². The summed E-state index contributed by atoms with van der Waals surface area (Å²) in [7, 11) is 3.72. The molecule has 1 aromatic heterocycles. The molecule has 0 amide bonds. The molecule has 0 aromatic carbocycles. The topological polar surface area (TPSA) is 54.8 Å². The Hall–Kier alpha value is -1.40. The molecular weight excluding hydrogens is 274 g/mol. The van der Waals surface area contributed by atoms with Crippen LogP contribution in [0, 0.1) is 0 Å². The van der Waals surface area contributed by atoms with Crippen LogP contribution in [0.4, 0.5) is 5.13 Å². The van der Waals surface area contributed by atoms with Gasteiger partial charge >= 0.3 is 5.97 Å². The minimum atomic E-state index is -0.485. The second-order valence-corrected chi connectivity index (χ2v) is 4.52. The Balaban J connectivity index is 2.87. The zero-order valence-corrected chi connectivity index (χ0v) is 12.0. The predicted molar refractivity (Wildman–Crippen MR) is 74.4 cm³/mol. The van der Waals surface area contributed by atoms with Crippen LogP contribution in [0.2, 0.25) is 0 Å². The Labute approximate surface area is 115 Å². The first-order valence-electron chi connectivity index (χ1n) is 5.22. The number of hydrogen-bond donors (Lipinski definition) is 0. The molecule has 0 spiro atoms. The number of nitrogens with zero attached hydrogens (tertiary/aromatic N) is 3. The average Bonchev–Trinajstić information content (AvgIpc) is 2.76. The third-order valence-electron chi connectivity index (χ3n) is 1.77. The molecule has 0 aliphatic heterocycles. The monoisotopic (exact) mass is 287 g/mol. The van der Waals surface area contributed by atoms with Gasteiger partial charge in [-0.2, -0.15) is 0 Å². The Morgan fingerprint density at radius 2 is 2.39 bits per heavy atom. The fourth-order valence-electron chi connectivity index (χ4n) is 1.03. The number of ether oxygens (including phenoxy) is 1. The van der Waals surface area contributed by atoms with Gasteiger partial charge in [-0.05, 0) is 6.92 Å². The second-order valence-electron chi connectivity index (χ2n) is 3.47. The van der Waals surface area contributed by atoms with Crippen molar-refractivity contribution in [3.8, 4) is 0 Å². The largest absolute Gasteiger partial charge is 0.462 e. The van der Waals surface area contributed by atoms with E-state index < -0.39 is 5.97 Å². The maximum atomic E-state index is 11.6. The first-order chi connectivity index (χ1) is 8.58. The smallest absolute Gasteiger partial charge is 0.341 e. The number of halogens is 1. The van der Waals surface area contributed by atoms with Gasteiger partial charge in [0.2, 0.25) is 5.13 Å². The third kappa shape index (κ3) is 4.12. The van der Waals surface area contributed by atoms with Crippen molar-refractivity contribution < 1.29 is 9.53 Å². The first kappa shape index (κ1) is 14.7. The maximum absolute atomic E-state index is 11.6. The van der Waals surface area contributed by atoms with Crippen molar-refractivity contribution in [1.82, 2.24) is 9.88 Å². The Bertz CT molecular complexity index is 469. The Kier molecular flexibility index (Phi) is 5.80. The van der Waals surface area contributed by atoms with E-state index >= 15 is 0 Å². The summed E-state index contributed by atoms with van der Waals surface area (Å²) in [6.07, 6.45) is 1.64. The summed E-state index contributed by atoms with van der Waals surface area (Å²) in [6.45, 7) is 2.03. The minimum absolute atomic E-state index is 0.237. The molecule has 0 bridgehead atoms. The van der Waals surface area contributed by atoms with Gasteiger partial charge in [0.15, 0.2) is 0 Å². The molecule has 0 saturated carbocycles. The molecule has 0 unspecified atom stereocenters. The van der Waals surface area contributed by atoms with Gasteiger partial charge in [-0.3, -0.25) is 0 Å². The molecule has 0 aliphatic rings. The molecule has 0 aliphatic carbocycles. The van der Waals surface area contributed by atoms with Gasteiger partial charge in [-0.1, -0.05) is 11.6 Å². The second kappa shape index (κ2) is 7.13. The number of thiazole rings is 1. The molecule has 5 nitrogen and oxygen atoms in total. The standard InChI is InChI=1S/C11H14ClN3O2S/c1-4-17-10(16)8(5-12)9-6-18-11(14-9)13-7-15(2)3/h5-7H,4H2,1-3H3/b8-5+,13-7+. The van der Waals surface area contributed by atoms with Crippen LogP contribution in [0.1, 0.15) is 12.6 Å². The summed E-state index contributed by atoms with van der Waals surface area (Å²) >= 11 is 6.95. The van der Waals surface area contributed by atoms with Crippen molar-refractivity contribution >= 4 is 46.0 Å². The van der Waals surface area contributed by atoms with E-state index in [1.165, 1.54) is 16.9 Å². The molecule has 7 heteroatoms. The number of esters is 1.